The van der Waals surface area contributed by atoms with Crippen LogP contribution < -0.4 is 5.32 Å². The monoisotopic (exact) mass is 300 g/mol. The number of hydrogen-bond donors (Lipinski definition) is 1. The Balaban J connectivity index is 1.87. The lowest BCUT2D eigenvalue weighted by Crippen LogP contribution is -2.46. The molecule has 1 atom stereocenters. The summed E-state index contributed by atoms with van der Waals surface area (Å²) < 4.78 is 6.96. The highest BCUT2D eigenvalue weighted by Crippen LogP contribution is 2.13. The fourth-order valence-corrected chi connectivity index (χ4v) is 2.46. The minimum atomic E-state index is -0.219. The minimum absolute atomic E-state index is 0.0449. The average Bonchev–Trinajstić information content (AvgIpc) is 2.81. The summed E-state index contributed by atoms with van der Waals surface area (Å²) in [5.41, 5.74) is 0.294. The van der Waals surface area contributed by atoms with Crippen molar-refractivity contribution in [2.24, 2.45) is 0 Å². The Labute approximate surface area is 124 Å². The summed E-state index contributed by atoms with van der Waals surface area (Å²) in [6, 6.07) is 0.0449. The van der Waals surface area contributed by atoms with Gasteiger partial charge in [-0.15, -0.1) is 0 Å². The molecule has 2 rings (SSSR count). The van der Waals surface area contributed by atoms with E-state index in [2.05, 4.69) is 15.3 Å². The maximum Gasteiger partial charge on any atom is 0.273 e. The summed E-state index contributed by atoms with van der Waals surface area (Å²) in [4.78, 5) is 14.4. The summed E-state index contributed by atoms with van der Waals surface area (Å²) in [6.45, 7) is 8.76. The van der Waals surface area contributed by atoms with E-state index in [-0.39, 0.29) is 11.9 Å². The first kappa shape index (κ1) is 15.3. The van der Waals surface area contributed by atoms with Crippen molar-refractivity contribution in [2.45, 2.75) is 26.4 Å². The van der Waals surface area contributed by atoms with Gasteiger partial charge < -0.3 is 10.1 Å². The van der Waals surface area contributed by atoms with E-state index in [1.165, 1.54) is 0 Å². The van der Waals surface area contributed by atoms with Gasteiger partial charge in [0.2, 0.25) is 0 Å². The highest BCUT2D eigenvalue weighted by molar-refractivity contribution is 6.33. The van der Waals surface area contributed by atoms with Crippen molar-refractivity contribution in [2.75, 3.05) is 32.8 Å². The van der Waals surface area contributed by atoms with Gasteiger partial charge in [-0.25, -0.2) is 0 Å². The van der Waals surface area contributed by atoms with Crippen LogP contribution in [0.3, 0.4) is 0 Å². The van der Waals surface area contributed by atoms with Crippen LogP contribution >= 0.6 is 11.6 Å². The number of hydrogen-bond acceptors (Lipinski definition) is 4. The van der Waals surface area contributed by atoms with Gasteiger partial charge in [0, 0.05) is 38.4 Å². The van der Waals surface area contributed by atoms with E-state index in [1.54, 1.807) is 10.9 Å². The van der Waals surface area contributed by atoms with Gasteiger partial charge in [-0.1, -0.05) is 11.6 Å². The largest absolute Gasteiger partial charge is 0.379 e. The lowest BCUT2D eigenvalue weighted by Gasteiger charge is -2.29. The minimum Gasteiger partial charge on any atom is -0.379 e. The highest BCUT2D eigenvalue weighted by Gasteiger charge is 2.19. The fraction of sp³-hybridized carbons (Fsp3) is 0.692. The van der Waals surface area contributed by atoms with Gasteiger partial charge in [-0.2, -0.15) is 5.10 Å². The van der Waals surface area contributed by atoms with Crippen molar-refractivity contribution < 1.29 is 9.53 Å². The average molecular weight is 301 g/mol. The molecule has 0 bridgehead atoms. The van der Waals surface area contributed by atoms with E-state index >= 15 is 0 Å². The van der Waals surface area contributed by atoms with Gasteiger partial charge in [-0.3, -0.25) is 14.4 Å². The molecular weight excluding hydrogens is 280 g/mol. The molecule has 112 valence electrons. The third-order valence-electron chi connectivity index (χ3n) is 3.27. The molecule has 1 aromatic heterocycles. The molecule has 1 saturated heterocycles. The molecule has 0 aliphatic carbocycles. The smallest absolute Gasteiger partial charge is 0.273 e. The molecule has 1 amide bonds. The summed E-state index contributed by atoms with van der Waals surface area (Å²) in [5.74, 6) is -0.219. The number of carbonyl (C=O) groups is 1. The predicted octanol–water partition coefficient (Wildman–Crippen LogP) is 1.01. The molecule has 0 unspecified atom stereocenters. The van der Waals surface area contributed by atoms with Crippen molar-refractivity contribution in [1.29, 1.82) is 0 Å². The molecule has 0 radical (unpaired) electrons. The van der Waals surface area contributed by atoms with Crippen LogP contribution in [0, 0.1) is 0 Å². The SMILES string of the molecule is CCn1cc(Cl)c(C(=O)N[C@@H](C)CN2CCOCC2)n1. The van der Waals surface area contributed by atoms with Crippen LogP contribution in [0.2, 0.25) is 5.02 Å². The van der Waals surface area contributed by atoms with Gasteiger partial charge in [0.25, 0.3) is 5.91 Å². The second-order valence-corrected chi connectivity index (χ2v) is 5.38. The molecule has 0 aromatic carbocycles. The van der Waals surface area contributed by atoms with Crippen LogP contribution in [0.15, 0.2) is 6.20 Å². The number of nitrogens with zero attached hydrogens (tertiary/aromatic N) is 3. The van der Waals surface area contributed by atoms with Crippen molar-refractivity contribution in [1.82, 2.24) is 20.0 Å². The quantitative estimate of drug-likeness (QED) is 0.881. The Kier molecular flexibility index (Phi) is 5.39. The number of morpholine rings is 1. The Hall–Kier alpha value is -1.11. The Morgan fingerprint density at radius 3 is 2.85 bits per heavy atom. The van der Waals surface area contributed by atoms with Crippen LogP contribution in [0.5, 0.6) is 0 Å². The fourth-order valence-electron chi connectivity index (χ4n) is 2.22. The summed E-state index contributed by atoms with van der Waals surface area (Å²) in [5, 5.41) is 7.50. The van der Waals surface area contributed by atoms with Crippen molar-refractivity contribution in [3.63, 3.8) is 0 Å². The highest BCUT2D eigenvalue weighted by atomic mass is 35.5. The maximum atomic E-state index is 12.1. The van der Waals surface area contributed by atoms with Crippen molar-refractivity contribution in [3.8, 4) is 0 Å². The standard InChI is InChI=1S/C13H21ClN4O2/c1-3-18-9-11(14)12(16-18)13(19)15-10(2)8-17-4-6-20-7-5-17/h9-10H,3-8H2,1-2H3,(H,15,19)/t10-/m0/s1. The van der Waals surface area contributed by atoms with Crippen LogP contribution in [0.4, 0.5) is 0 Å². The zero-order valence-corrected chi connectivity index (χ0v) is 12.7. The van der Waals surface area contributed by atoms with Gasteiger partial charge in [0.15, 0.2) is 5.69 Å². The molecule has 1 aromatic rings. The molecule has 7 heteroatoms. The lowest BCUT2D eigenvalue weighted by molar-refractivity contribution is 0.0342. The summed E-state index contributed by atoms with van der Waals surface area (Å²) in [7, 11) is 0. The van der Waals surface area contributed by atoms with Crippen LogP contribution in [-0.2, 0) is 11.3 Å². The van der Waals surface area contributed by atoms with Crippen LogP contribution in [0.25, 0.3) is 0 Å². The zero-order valence-electron chi connectivity index (χ0n) is 11.9. The molecule has 1 fully saturated rings. The first-order valence-corrected chi connectivity index (χ1v) is 7.32. The third kappa shape index (κ3) is 3.94. The molecule has 0 saturated carbocycles. The number of nitrogens with one attached hydrogen (secondary N) is 1. The number of aromatic nitrogens is 2. The van der Waals surface area contributed by atoms with E-state index in [0.29, 0.717) is 17.3 Å². The normalized spacial score (nSPS) is 17.9. The second kappa shape index (κ2) is 7.06. The Bertz CT molecular complexity index is 457. The van der Waals surface area contributed by atoms with Crippen LogP contribution in [-0.4, -0.2) is 59.5 Å². The van der Waals surface area contributed by atoms with Gasteiger partial charge in [-0.05, 0) is 13.8 Å². The van der Waals surface area contributed by atoms with E-state index in [0.717, 1.165) is 32.8 Å². The first-order valence-electron chi connectivity index (χ1n) is 6.94. The van der Waals surface area contributed by atoms with Crippen molar-refractivity contribution in [3.05, 3.63) is 16.9 Å². The van der Waals surface area contributed by atoms with E-state index < -0.39 is 0 Å². The van der Waals surface area contributed by atoms with Crippen molar-refractivity contribution >= 4 is 17.5 Å². The second-order valence-electron chi connectivity index (χ2n) is 4.97. The van der Waals surface area contributed by atoms with E-state index in [1.807, 2.05) is 13.8 Å². The number of carbonyl (C=O) groups excluding carboxylic acids is 1. The number of ether oxygens (including phenoxy) is 1. The van der Waals surface area contributed by atoms with E-state index in [9.17, 15) is 4.79 Å². The number of rotatable bonds is 5. The number of amides is 1. The third-order valence-corrected chi connectivity index (χ3v) is 3.55. The lowest BCUT2D eigenvalue weighted by atomic mass is 10.2. The maximum absolute atomic E-state index is 12.1. The number of halogens is 1. The topological polar surface area (TPSA) is 59.4 Å². The van der Waals surface area contributed by atoms with Crippen LogP contribution in [0.1, 0.15) is 24.3 Å². The van der Waals surface area contributed by atoms with E-state index in [4.69, 9.17) is 16.3 Å². The molecular formula is C13H21ClN4O2. The molecule has 1 N–H and O–H groups in total. The van der Waals surface area contributed by atoms with Gasteiger partial charge >= 0.3 is 0 Å². The first-order chi connectivity index (χ1) is 9.60. The summed E-state index contributed by atoms with van der Waals surface area (Å²) >= 11 is 6.02. The van der Waals surface area contributed by atoms with Gasteiger partial charge in [0.05, 0.1) is 18.2 Å². The predicted molar refractivity (Wildman–Crippen MR) is 77.1 cm³/mol. The molecule has 0 spiro atoms. The Morgan fingerprint density at radius 2 is 2.25 bits per heavy atom. The molecule has 2 heterocycles. The van der Waals surface area contributed by atoms with Gasteiger partial charge in [0.1, 0.15) is 0 Å². The Morgan fingerprint density at radius 1 is 1.55 bits per heavy atom. The molecule has 1 aliphatic rings. The summed E-state index contributed by atoms with van der Waals surface area (Å²) in [6.07, 6.45) is 1.67. The molecule has 20 heavy (non-hydrogen) atoms. The molecule has 1 aliphatic heterocycles. The number of aryl methyl sites for hydroxylation is 1. The molecule has 6 nitrogen and oxygen atoms in total. The zero-order chi connectivity index (χ0) is 14.5.